The summed E-state index contributed by atoms with van der Waals surface area (Å²) in [5, 5.41) is 0.737. The summed E-state index contributed by atoms with van der Waals surface area (Å²) in [6.45, 7) is 6.77. The Morgan fingerprint density at radius 2 is 1.70 bits per heavy atom. The quantitative estimate of drug-likeness (QED) is 0.783. The summed E-state index contributed by atoms with van der Waals surface area (Å²) in [7, 11) is 1.68. The number of hydrogen-bond acceptors (Lipinski definition) is 4. The first-order chi connectivity index (χ1) is 13.0. The average molecular weight is 389 g/mol. The Hall–Kier alpha value is -2.40. The third kappa shape index (κ3) is 4.48. The molecule has 0 spiro atoms. The van der Waals surface area contributed by atoms with E-state index in [0.29, 0.717) is 18.8 Å². The third-order valence-corrected chi connectivity index (χ3v) is 5.43. The molecule has 1 aliphatic heterocycles. The normalized spacial score (nSPS) is 14.2. The third-order valence-electron chi connectivity index (χ3n) is 4.83. The highest BCUT2D eigenvalue weighted by Crippen LogP contribution is 2.28. The van der Waals surface area contributed by atoms with Gasteiger partial charge in [0, 0.05) is 31.2 Å². The van der Waals surface area contributed by atoms with E-state index in [1.165, 1.54) is 0 Å². The molecular formula is C21H25ClN2O3. The smallest absolute Gasteiger partial charge is 0.260 e. The van der Waals surface area contributed by atoms with Gasteiger partial charge in [0.2, 0.25) is 0 Å². The summed E-state index contributed by atoms with van der Waals surface area (Å²) in [5.41, 5.74) is 2.96. The summed E-state index contributed by atoms with van der Waals surface area (Å²) in [4.78, 5) is 16.6. The van der Waals surface area contributed by atoms with Gasteiger partial charge in [-0.2, -0.15) is 0 Å². The Bertz CT molecular complexity index is 794. The minimum atomic E-state index is -0.0000622. The number of aryl methyl sites for hydroxylation is 2. The molecule has 0 aromatic heterocycles. The number of para-hydroxylation sites is 2. The predicted molar refractivity (Wildman–Crippen MR) is 108 cm³/mol. The molecule has 1 heterocycles. The van der Waals surface area contributed by atoms with Crippen LogP contribution in [-0.4, -0.2) is 50.7 Å². The van der Waals surface area contributed by atoms with Crippen molar-refractivity contribution in [3.05, 3.63) is 52.5 Å². The average Bonchev–Trinajstić information content (AvgIpc) is 2.70. The Kier molecular flexibility index (Phi) is 6.11. The molecule has 0 saturated carbocycles. The number of benzene rings is 2. The molecule has 0 aliphatic carbocycles. The van der Waals surface area contributed by atoms with Crippen molar-refractivity contribution in [1.82, 2.24) is 4.90 Å². The highest BCUT2D eigenvalue weighted by Gasteiger charge is 2.23. The van der Waals surface area contributed by atoms with Crippen molar-refractivity contribution in [2.45, 2.75) is 13.8 Å². The van der Waals surface area contributed by atoms with Gasteiger partial charge < -0.3 is 19.3 Å². The maximum Gasteiger partial charge on any atom is 0.260 e. The second-order valence-electron chi connectivity index (χ2n) is 6.70. The molecule has 1 aliphatic rings. The van der Waals surface area contributed by atoms with Crippen molar-refractivity contribution in [3.8, 4) is 11.5 Å². The van der Waals surface area contributed by atoms with E-state index in [0.717, 1.165) is 40.7 Å². The van der Waals surface area contributed by atoms with Crippen LogP contribution >= 0.6 is 11.6 Å². The van der Waals surface area contributed by atoms with Crippen LogP contribution in [0.5, 0.6) is 11.5 Å². The fourth-order valence-corrected chi connectivity index (χ4v) is 3.42. The molecule has 0 atom stereocenters. The van der Waals surface area contributed by atoms with Gasteiger partial charge in [-0.25, -0.2) is 0 Å². The van der Waals surface area contributed by atoms with Gasteiger partial charge in [0.25, 0.3) is 5.91 Å². The van der Waals surface area contributed by atoms with Crippen LogP contribution in [0.4, 0.5) is 5.69 Å². The molecule has 0 N–H and O–H groups in total. The second-order valence-corrected chi connectivity index (χ2v) is 7.08. The summed E-state index contributed by atoms with van der Waals surface area (Å²) >= 11 is 6.18. The minimum Gasteiger partial charge on any atom is -0.495 e. The standard InChI is InChI=1S/C21H25ClN2O3/c1-15-12-17(13-16(2)21(15)22)27-14-20(25)24-10-8-23(9-11-24)18-6-4-5-7-19(18)26-3/h4-7,12-13H,8-11,14H2,1-3H3. The van der Waals surface area contributed by atoms with Crippen LogP contribution < -0.4 is 14.4 Å². The number of rotatable bonds is 5. The molecule has 1 saturated heterocycles. The lowest BCUT2D eigenvalue weighted by Crippen LogP contribution is -2.50. The molecule has 27 heavy (non-hydrogen) atoms. The largest absolute Gasteiger partial charge is 0.495 e. The van der Waals surface area contributed by atoms with E-state index in [-0.39, 0.29) is 12.5 Å². The first kappa shape index (κ1) is 19.4. The van der Waals surface area contributed by atoms with Crippen molar-refractivity contribution in [2.75, 3.05) is 44.8 Å². The molecule has 0 unspecified atom stereocenters. The highest BCUT2D eigenvalue weighted by molar-refractivity contribution is 6.32. The number of piperazine rings is 1. The number of ether oxygens (including phenoxy) is 2. The predicted octanol–water partition coefficient (Wildman–Crippen LogP) is 3.69. The van der Waals surface area contributed by atoms with Crippen molar-refractivity contribution >= 4 is 23.2 Å². The summed E-state index contributed by atoms with van der Waals surface area (Å²) in [5.74, 6) is 1.53. The van der Waals surface area contributed by atoms with Crippen LogP contribution in [0.25, 0.3) is 0 Å². The number of carbonyl (C=O) groups excluding carboxylic acids is 1. The fraction of sp³-hybridized carbons (Fsp3) is 0.381. The monoisotopic (exact) mass is 388 g/mol. The molecular weight excluding hydrogens is 364 g/mol. The molecule has 2 aromatic rings. The lowest BCUT2D eigenvalue weighted by atomic mass is 10.1. The van der Waals surface area contributed by atoms with Crippen LogP contribution in [0, 0.1) is 13.8 Å². The maximum absolute atomic E-state index is 12.5. The number of anilines is 1. The van der Waals surface area contributed by atoms with Crippen molar-refractivity contribution < 1.29 is 14.3 Å². The Balaban J connectivity index is 1.54. The number of methoxy groups -OCH3 is 1. The number of nitrogens with zero attached hydrogens (tertiary/aromatic N) is 2. The van der Waals surface area contributed by atoms with E-state index >= 15 is 0 Å². The Labute approximate surface area is 165 Å². The first-order valence-corrected chi connectivity index (χ1v) is 9.42. The van der Waals surface area contributed by atoms with E-state index in [4.69, 9.17) is 21.1 Å². The van der Waals surface area contributed by atoms with Gasteiger partial charge in [-0.05, 0) is 49.2 Å². The zero-order valence-electron chi connectivity index (χ0n) is 16.0. The van der Waals surface area contributed by atoms with Gasteiger partial charge in [0.1, 0.15) is 11.5 Å². The number of carbonyl (C=O) groups is 1. The molecule has 0 bridgehead atoms. The van der Waals surface area contributed by atoms with Crippen LogP contribution in [-0.2, 0) is 4.79 Å². The Morgan fingerprint density at radius 3 is 2.33 bits per heavy atom. The van der Waals surface area contributed by atoms with E-state index < -0.39 is 0 Å². The lowest BCUT2D eigenvalue weighted by Gasteiger charge is -2.36. The molecule has 1 amide bonds. The number of hydrogen-bond donors (Lipinski definition) is 0. The lowest BCUT2D eigenvalue weighted by molar-refractivity contribution is -0.133. The SMILES string of the molecule is COc1ccccc1N1CCN(C(=O)COc2cc(C)c(Cl)c(C)c2)CC1. The molecule has 144 valence electrons. The van der Waals surface area contributed by atoms with E-state index in [1.54, 1.807) is 7.11 Å². The van der Waals surface area contributed by atoms with Crippen molar-refractivity contribution in [1.29, 1.82) is 0 Å². The van der Waals surface area contributed by atoms with Gasteiger partial charge in [-0.15, -0.1) is 0 Å². The van der Waals surface area contributed by atoms with Gasteiger partial charge in [-0.3, -0.25) is 4.79 Å². The summed E-state index contributed by atoms with van der Waals surface area (Å²) in [6.07, 6.45) is 0. The molecule has 1 fully saturated rings. The summed E-state index contributed by atoms with van der Waals surface area (Å²) in [6, 6.07) is 11.7. The number of halogens is 1. The molecule has 6 heteroatoms. The van der Waals surface area contributed by atoms with Crippen LogP contribution in [0.1, 0.15) is 11.1 Å². The topological polar surface area (TPSA) is 42.0 Å². The van der Waals surface area contributed by atoms with Gasteiger partial charge in [0.15, 0.2) is 6.61 Å². The van der Waals surface area contributed by atoms with E-state index in [9.17, 15) is 4.79 Å². The van der Waals surface area contributed by atoms with Crippen molar-refractivity contribution in [2.24, 2.45) is 0 Å². The van der Waals surface area contributed by atoms with Crippen LogP contribution in [0.15, 0.2) is 36.4 Å². The minimum absolute atomic E-state index is 0.0000622. The summed E-state index contributed by atoms with van der Waals surface area (Å²) < 4.78 is 11.1. The Morgan fingerprint density at radius 1 is 1.07 bits per heavy atom. The van der Waals surface area contributed by atoms with Gasteiger partial charge in [-0.1, -0.05) is 23.7 Å². The van der Waals surface area contributed by atoms with Gasteiger partial charge in [0.05, 0.1) is 12.8 Å². The molecule has 5 nitrogen and oxygen atoms in total. The second kappa shape index (κ2) is 8.53. The molecule has 3 rings (SSSR count). The van der Waals surface area contributed by atoms with Crippen LogP contribution in [0.2, 0.25) is 5.02 Å². The maximum atomic E-state index is 12.5. The zero-order chi connectivity index (χ0) is 19.4. The highest BCUT2D eigenvalue weighted by atomic mass is 35.5. The van der Waals surface area contributed by atoms with Crippen molar-refractivity contribution in [3.63, 3.8) is 0 Å². The number of amides is 1. The van der Waals surface area contributed by atoms with Gasteiger partial charge >= 0.3 is 0 Å². The molecule has 0 radical (unpaired) electrons. The fourth-order valence-electron chi connectivity index (χ4n) is 3.31. The van der Waals surface area contributed by atoms with E-state index in [1.807, 2.05) is 55.1 Å². The molecule has 2 aromatic carbocycles. The zero-order valence-corrected chi connectivity index (χ0v) is 16.8. The van der Waals surface area contributed by atoms with Crippen LogP contribution in [0.3, 0.4) is 0 Å². The first-order valence-electron chi connectivity index (χ1n) is 9.05. The van der Waals surface area contributed by atoms with E-state index in [2.05, 4.69) is 4.90 Å².